The lowest BCUT2D eigenvalue weighted by Gasteiger charge is -2.18. The number of hydrogen-bond donors (Lipinski definition) is 1. The van der Waals surface area contributed by atoms with Gasteiger partial charge in [-0.1, -0.05) is 30.3 Å². The van der Waals surface area contributed by atoms with Gasteiger partial charge < -0.3 is 10.1 Å². The minimum absolute atomic E-state index is 0.106. The largest absolute Gasteiger partial charge is 0.489 e. The van der Waals surface area contributed by atoms with E-state index in [-0.39, 0.29) is 11.6 Å². The minimum Gasteiger partial charge on any atom is -0.489 e. The Morgan fingerprint density at radius 3 is 2.04 bits per heavy atom. The van der Waals surface area contributed by atoms with Crippen molar-refractivity contribution in [3.05, 3.63) is 94.5 Å². The number of nitrogens with one attached hydrogen (secondary N) is 1. The number of anilines is 1. The first kappa shape index (κ1) is 16.1. The minimum atomic E-state index is -0.115. The molecule has 1 aliphatic rings. The Bertz CT molecular complexity index is 1010. The molecule has 4 nitrogen and oxygen atoms in total. The molecule has 0 fully saturated rings. The monoisotopic (exact) mass is 343 g/mol. The van der Waals surface area contributed by atoms with Gasteiger partial charge in [-0.15, -0.1) is 0 Å². The molecule has 3 aromatic rings. The van der Waals surface area contributed by atoms with Crippen LogP contribution in [0.3, 0.4) is 0 Å². The predicted octanol–water partition coefficient (Wildman–Crippen LogP) is 4.08. The summed E-state index contributed by atoms with van der Waals surface area (Å²) in [7, 11) is 1.86. The average molecular weight is 343 g/mol. The first-order valence-corrected chi connectivity index (χ1v) is 8.39. The van der Waals surface area contributed by atoms with Crippen LogP contribution in [0.2, 0.25) is 0 Å². The lowest BCUT2D eigenvalue weighted by atomic mass is 9.83. The van der Waals surface area contributed by atoms with Crippen molar-refractivity contribution in [3.63, 3.8) is 0 Å². The summed E-state index contributed by atoms with van der Waals surface area (Å²) in [5.41, 5.74) is 3.69. The SMILES string of the molecule is CNc1ccc(OCc2ccc3c(c2)C(=O)c2ccccc2C3=O)cc1. The van der Waals surface area contributed by atoms with Crippen molar-refractivity contribution >= 4 is 17.3 Å². The van der Waals surface area contributed by atoms with Gasteiger partial charge in [0, 0.05) is 35.0 Å². The van der Waals surface area contributed by atoms with Crippen molar-refractivity contribution in [3.8, 4) is 5.75 Å². The van der Waals surface area contributed by atoms with Crippen molar-refractivity contribution in [2.75, 3.05) is 12.4 Å². The van der Waals surface area contributed by atoms with Crippen LogP contribution in [0.4, 0.5) is 5.69 Å². The van der Waals surface area contributed by atoms with E-state index in [1.54, 1.807) is 36.4 Å². The molecular weight excluding hydrogens is 326 g/mol. The second kappa shape index (κ2) is 6.48. The van der Waals surface area contributed by atoms with Crippen LogP contribution in [0.25, 0.3) is 0 Å². The third-order valence-electron chi connectivity index (χ3n) is 4.54. The molecule has 0 atom stereocenters. The van der Waals surface area contributed by atoms with Gasteiger partial charge >= 0.3 is 0 Å². The van der Waals surface area contributed by atoms with Gasteiger partial charge in [0.15, 0.2) is 11.6 Å². The molecule has 0 spiro atoms. The van der Waals surface area contributed by atoms with Crippen LogP contribution in [0, 0.1) is 0 Å². The van der Waals surface area contributed by atoms with Crippen LogP contribution in [-0.4, -0.2) is 18.6 Å². The normalized spacial score (nSPS) is 12.3. The fourth-order valence-electron chi connectivity index (χ4n) is 3.12. The van der Waals surface area contributed by atoms with E-state index in [0.717, 1.165) is 17.0 Å². The summed E-state index contributed by atoms with van der Waals surface area (Å²) < 4.78 is 5.79. The maximum atomic E-state index is 12.8. The van der Waals surface area contributed by atoms with E-state index in [1.807, 2.05) is 37.4 Å². The molecule has 0 saturated carbocycles. The van der Waals surface area contributed by atoms with Crippen molar-refractivity contribution < 1.29 is 14.3 Å². The summed E-state index contributed by atoms with van der Waals surface area (Å²) in [5.74, 6) is 0.523. The molecule has 1 aliphatic carbocycles. The number of ketones is 2. The molecule has 0 amide bonds. The molecule has 0 unspecified atom stereocenters. The van der Waals surface area contributed by atoms with Crippen molar-refractivity contribution in [1.29, 1.82) is 0 Å². The van der Waals surface area contributed by atoms with Crippen molar-refractivity contribution in [1.82, 2.24) is 0 Å². The van der Waals surface area contributed by atoms with Crippen LogP contribution >= 0.6 is 0 Å². The molecule has 0 heterocycles. The van der Waals surface area contributed by atoms with E-state index in [2.05, 4.69) is 5.32 Å². The fraction of sp³-hybridized carbons (Fsp3) is 0.0909. The van der Waals surface area contributed by atoms with Crippen molar-refractivity contribution in [2.24, 2.45) is 0 Å². The standard InChI is InChI=1S/C22H17NO3/c1-23-15-7-9-16(10-8-15)26-13-14-6-11-19-20(12-14)22(25)18-5-3-2-4-17(18)21(19)24/h2-12,23H,13H2,1H3. The summed E-state index contributed by atoms with van der Waals surface area (Å²) in [6, 6.07) is 19.9. The maximum absolute atomic E-state index is 12.8. The Balaban J connectivity index is 1.59. The van der Waals surface area contributed by atoms with Gasteiger partial charge in [-0.25, -0.2) is 0 Å². The highest BCUT2D eigenvalue weighted by Gasteiger charge is 2.29. The van der Waals surface area contributed by atoms with Gasteiger partial charge in [-0.3, -0.25) is 9.59 Å². The molecule has 26 heavy (non-hydrogen) atoms. The summed E-state index contributed by atoms with van der Waals surface area (Å²) in [6.45, 7) is 0.329. The van der Waals surface area contributed by atoms with E-state index in [1.165, 1.54) is 0 Å². The number of rotatable bonds is 4. The highest BCUT2D eigenvalue weighted by Crippen LogP contribution is 2.28. The molecule has 0 radical (unpaired) electrons. The number of benzene rings is 3. The maximum Gasteiger partial charge on any atom is 0.194 e. The van der Waals surface area contributed by atoms with Gasteiger partial charge in [-0.05, 0) is 42.0 Å². The van der Waals surface area contributed by atoms with Crippen LogP contribution in [-0.2, 0) is 6.61 Å². The number of carbonyl (C=O) groups excluding carboxylic acids is 2. The van der Waals surface area contributed by atoms with E-state index >= 15 is 0 Å². The molecule has 4 heteroatoms. The third-order valence-corrected chi connectivity index (χ3v) is 4.54. The summed E-state index contributed by atoms with van der Waals surface area (Å²) in [6.07, 6.45) is 0. The first-order valence-electron chi connectivity index (χ1n) is 8.39. The molecule has 3 aromatic carbocycles. The summed E-state index contributed by atoms with van der Waals surface area (Å²) in [5, 5.41) is 3.05. The topological polar surface area (TPSA) is 55.4 Å². The molecule has 1 N–H and O–H groups in total. The van der Waals surface area contributed by atoms with E-state index in [4.69, 9.17) is 4.74 Å². The van der Waals surface area contributed by atoms with Crippen LogP contribution in [0.15, 0.2) is 66.7 Å². The Morgan fingerprint density at radius 1 is 0.769 bits per heavy atom. The smallest absolute Gasteiger partial charge is 0.194 e. The molecule has 0 aliphatic heterocycles. The van der Waals surface area contributed by atoms with Gasteiger partial charge in [-0.2, -0.15) is 0 Å². The van der Waals surface area contributed by atoms with E-state index in [0.29, 0.717) is 28.9 Å². The predicted molar refractivity (Wildman–Crippen MR) is 100 cm³/mol. The van der Waals surface area contributed by atoms with Gasteiger partial charge in [0.2, 0.25) is 0 Å². The van der Waals surface area contributed by atoms with Crippen molar-refractivity contribution in [2.45, 2.75) is 6.61 Å². The molecule has 128 valence electrons. The first-order chi connectivity index (χ1) is 12.7. The second-order valence-electron chi connectivity index (χ2n) is 6.15. The molecule has 0 bridgehead atoms. The van der Waals surface area contributed by atoms with Gasteiger partial charge in [0.1, 0.15) is 12.4 Å². The highest BCUT2D eigenvalue weighted by molar-refractivity contribution is 6.28. The average Bonchev–Trinajstić information content (AvgIpc) is 2.70. The quantitative estimate of drug-likeness (QED) is 0.606. The zero-order chi connectivity index (χ0) is 18.1. The van der Waals surface area contributed by atoms with Crippen LogP contribution in [0.1, 0.15) is 37.4 Å². The van der Waals surface area contributed by atoms with Crippen LogP contribution in [0.5, 0.6) is 5.75 Å². The lowest BCUT2D eigenvalue weighted by Crippen LogP contribution is -2.21. The molecule has 0 saturated heterocycles. The number of fused-ring (bicyclic) bond motifs is 2. The second-order valence-corrected chi connectivity index (χ2v) is 6.15. The van der Waals surface area contributed by atoms with E-state index in [9.17, 15) is 9.59 Å². The Kier molecular flexibility index (Phi) is 4.01. The summed E-state index contributed by atoms with van der Waals surface area (Å²) in [4.78, 5) is 25.4. The zero-order valence-electron chi connectivity index (χ0n) is 14.3. The highest BCUT2D eigenvalue weighted by atomic mass is 16.5. The Morgan fingerprint density at radius 2 is 1.38 bits per heavy atom. The molecule has 0 aromatic heterocycles. The zero-order valence-corrected chi connectivity index (χ0v) is 14.3. The van der Waals surface area contributed by atoms with Gasteiger partial charge in [0.25, 0.3) is 0 Å². The van der Waals surface area contributed by atoms with Crippen LogP contribution < -0.4 is 10.1 Å². The molecular formula is C22H17NO3. The number of carbonyl (C=O) groups is 2. The Hall–Kier alpha value is -3.40. The fourth-order valence-corrected chi connectivity index (χ4v) is 3.12. The third kappa shape index (κ3) is 2.75. The van der Waals surface area contributed by atoms with Gasteiger partial charge in [0.05, 0.1) is 0 Å². The molecule has 4 rings (SSSR count). The lowest BCUT2D eigenvalue weighted by molar-refractivity contribution is 0.0979. The summed E-state index contributed by atoms with van der Waals surface area (Å²) >= 11 is 0. The van der Waals surface area contributed by atoms with E-state index < -0.39 is 0 Å². The number of ether oxygens (including phenoxy) is 1. The number of hydrogen-bond acceptors (Lipinski definition) is 4. The Labute approximate surface area is 151 Å².